The van der Waals surface area contributed by atoms with Gasteiger partial charge in [-0.2, -0.15) is 5.10 Å². The topological polar surface area (TPSA) is 39.9 Å². The standard InChI is InChI=1S/C21H21F2N3O/c1-15-2-4-16(5-3-15)8-17-10-21(27-11-17,12-26-14-24-13-25-26)19-7-6-18(22)9-20(19)23/h2-7,9,13-14,17H,8,10-12H2,1H3/t17-,21-/m0/s1. The highest BCUT2D eigenvalue weighted by Crippen LogP contribution is 2.42. The van der Waals surface area contributed by atoms with E-state index in [0.29, 0.717) is 25.1 Å². The first-order chi connectivity index (χ1) is 13.0. The fourth-order valence-electron chi connectivity index (χ4n) is 3.87. The van der Waals surface area contributed by atoms with Gasteiger partial charge in [0.05, 0.1) is 13.2 Å². The molecule has 6 heteroatoms. The lowest BCUT2D eigenvalue weighted by Gasteiger charge is -2.29. The van der Waals surface area contributed by atoms with Crippen LogP contribution < -0.4 is 0 Å². The smallest absolute Gasteiger partial charge is 0.137 e. The maximum absolute atomic E-state index is 14.6. The molecule has 1 fully saturated rings. The highest BCUT2D eigenvalue weighted by atomic mass is 19.1. The van der Waals surface area contributed by atoms with Gasteiger partial charge in [-0.25, -0.2) is 18.4 Å². The molecule has 4 rings (SSSR count). The number of rotatable bonds is 5. The Balaban J connectivity index is 1.62. The lowest BCUT2D eigenvalue weighted by molar-refractivity contribution is -0.0204. The molecule has 27 heavy (non-hydrogen) atoms. The number of hydrogen-bond donors (Lipinski definition) is 0. The summed E-state index contributed by atoms with van der Waals surface area (Å²) < 4.78 is 35.8. The van der Waals surface area contributed by atoms with Crippen LogP contribution in [0.25, 0.3) is 0 Å². The maximum atomic E-state index is 14.6. The first-order valence-corrected chi connectivity index (χ1v) is 9.01. The van der Waals surface area contributed by atoms with E-state index in [-0.39, 0.29) is 5.92 Å². The van der Waals surface area contributed by atoms with Crippen molar-refractivity contribution in [2.24, 2.45) is 5.92 Å². The Kier molecular flexibility index (Phi) is 4.74. The molecule has 0 radical (unpaired) electrons. The van der Waals surface area contributed by atoms with Gasteiger partial charge in [0.1, 0.15) is 29.9 Å². The summed E-state index contributed by atoms with van der Waals surface area (Å²) in [5, 5.41) is 4.15. The van der Waals surface area contributed by atoms with Gasteiger partial charge in [-0.3, -0.25) is 0 Å². The predicted molar refractivity (Wildman–Crippen MR) is 97.0 cm³/mol. The molecule has 1 aliphatic heterocycles. The van der Waals surface area contributed by atoms with Crippen LogP contribution >= 0.6 is 0 Å². The van der Waals surface area contributed by atoms with Gasteiger partial charge in [0, 0.05) is 11.6 Å². The molecule has 2 atom stereocenters. The van der Waals surface area contributed by atoms with Gasteiger partial charge in [0.2, 0.25) is 0 Å². The lowest BCUT2D eigenvalue weighted by Crippen LogP contribution is -2.32. The number of benzene rings is 2. The average molecular weight is 369 g/mol. The van der Waals surface area contributed by atoms with E-state index in [4.69, 9.17) is 4.74 Å². The van der Waals surface area contributed by atoms with E-state index in [1.54, 1.807) is 11.0 Å². The largest absolute Gasteiger partial charge is 0.368 e. The van der Waals surface area contributed by atoms with Gasteiger partial charge >= 0.3 is 0 Å². The third-order valence-corrected chi connectivity index (χ3v) is 5.16. The van der Waals surface area contributed by atoms with Crippen LogP contribution in [-0.4, -0.2) is 21.4 Å². The summed E-state index contributed by atoms with van der Waals surface area (Å²) in [6.07, 6.45) is 4.50. The molecule has 0 amide bonds. The molecular weight excluding hydrogens is 348 g/mol. The Labute approximate surface area is 156 Å². The molecule has 0 bridgehead atoms. The molecule has 2 aromatic carbocycles. The number of aromatic nitrogens is 3. The number of hydrogen-bond acceptors (Lipinski definition) is 3. The summed E-state index contributed by atoms with van der Waals surface area (Å²) >= 11 is 0. The summed E-state index contributed by atoms with van der Waals surface area (Å²) in [6.45, 7) is 2.91. The van der Waals surface area contributed by atoms with E-state index in [1.807, 2.05) is 0 Å². The summed E-state index contributed by atoms with van der Waals surface area (Å²) in [5.74, 6) is -0.951. The van der Waals surface area contributed by atoms with Crippen LogP contribution in [0.4, 0.5) is 8.78 Å². The first-order valence-electron chi connectivity index (χ1n) is 9.01. The van der Waals surface area contributed by atoms with Crippen LogP contribution in [0.2, 0.25) is 0 Å². The van der Waals surface area contributed by atoms with E-state index in [1.165, 1.54) is 29.6 Å². The third-order valence-electron chi connectivity index (χ3n) is 5.16. The van der Waals surface area contributed by atoms with Crippen molar-refractivity contribution in [3.05, 3.63) is 83.4 Å². The van der Waals surface area contributed by atoms with Crippen molar-refractivity contribution < 1.29 is 13.5 Å². The lowest BCUT2D eigenvalue weighted by atomic mass is 9.84. The van der Waals surface area contributed by atoms with E-state index in [9.17, 15) is 8.78 Å². The van der Waals surface area contributed by atoms with Gasteiger partial charge in [-0.15, -0.1) is 0 Å². The fourth-order valence-corrected chi connectivity index (χ4v) is 3.87. The van der Waals surface area contributed by atoms with Crippen molar-refractivity contribution >= 4 is 0 Å². The molecular formula is C21H21F2N3O. The SMILES string of the molecule is Cc1ccc(C[C@@H]2CO[C@@](Cn3cncn3)(c3ccc(F)cc3F)C2)cc1. The first kappa shape index (κ1) is 17.8. The molecule has 0 unspecified atom stereocenters. The zero-order valence-electron chi connectivity index (χ0n) is 15.1. The monoisotopic (exact) mass is 369 g/mol. The van der Waals surface area contributed by atoms with Gasteiger partial charge in [0.15, 0.2) is 0 Å². The second-order valence-corrected chi connectivity index (χ2v) is 7.28. The molecule has 3 aromatic rings. The molecule has 1 aliphatic rings. The van der Waals surface area contributed by atoms with Crippen molar-refractivity contribution in [1.82, 2.24) is 14.8 Å². The molecule has 4 nitrogen and oxygen atoms in total. The van der Waals surface area contributed by atoms with E-state index in [2.05, 4.69) is 41.3 Å². The fraction of sp³-hybridized carbons (Fsp3) is 0.333. The van der Waals surface area contributed by atoms with Crippen molar-refractivity contribution in [2.45, 2.75) is 31.9 Å². The zero-order chi connectivity index (χ0) is 18.9. The zero-order valence-corrected chi connectivity index (χ0v) is 15.1. The van der Waals surface area contributed by atoms with Crippen molar-refractivity contribution in [2.75, 3.05) is 6.61 Å². The van der Waals surface area contributed by atoms with Crippen LogP contribution in [0.1, 0.15) is 23.1 Å². The minimum Gasteiger partial charge on any atom is -0.368 e. The normalized spacial score (nSPS) is 22.3. The Hall–Kier alpha value is -2.60. The quantitative estimate of drug-likeness (QED) is 0.681. The van der Waals surface area contributed by atoms with E-state index >= 15 is 0 Å². The highest BCUT2D eigenvalue weighted by Gasteiger charge is 2.44. The van der Waals surface area contributed by atoms with Crippen molar-refractivity contribution in [3.8, 4) is 0 Å². The second kappa shape index (κ2) is 7.19. The molecule has 1 aromatic heterocycles. The summed E-state index contributed by atoms with van der Waals surface area (Å²) in [7, 11) is 0. The minimum atomic E-state index is -0.888. The van der Waals surface area contributed by atoms with Gasteiger partial charge in [0.25, 0.3) is 0 Å². The van der Waals surface area contributed by atoms with Crippen molar-refractivity contribution in [3.63, 3.8) is 0 Å². The number of aryl methyl sites for hydroxylation is 1. The Bertz CT molecular complexity index is 912. The van der Waals surface area contributed by atoms with Crippen molar-refractivity contribution in [1.29, 1.82) is 0 Å². The maximum Gasteiger partial charge on any atom is 0.137 e. The predicted octanol–water partition coefficient (Wildman–Crippen LogP) is 4.04. The number of nitrogens with zero attached hydrogens (tertiary/aromatic N) is 3. The van der Waals surface area contributed by atoms with E-state index < -0.39 is 17.2 Å². The van der Waals surface area contributed by atoms with Gasteiger partial charge < -0.3 is 4.74 Å². The minimum absolute atomic E-state index is 0.237. The molecule has 0 aliphatic carbocycles. The van der Waals surface area contributed by atoms with Crippen LogP contribution in [0.15, 0.2) is 55.1 Å². The Morgan fingerprint density at radius 1 is 1.19 bits per heavy atom. The highest BCUT2D eigenvalue weighted by molar-refractivity contribution is 5.27. The molecule has 2 heterocycles. The number of ether oxygens (including phenoxy) is 1. The van der Waals surface area contributed by atoms with Crippen LogP contribution in [-0.2, 0) is 23.3 Å². The average Bonchev–Trinajstić information content (AvgIpc) is 3.28. The molecule has 0 saturated carbocycles. The van der Waals surface area contributed by atoms with Crippen LogP contribution in [0, 0.1) is 24.5 Å². The molecule has 0 spiro atoms. The van der Waals surface area contributed by atoms with E-state index in [0.717, 1.165) is 12.5 Å². The summed E-state index contributed by atoms with van der Waals surface area (Å²) in [4.78, 5) is 3.96. The Morgan fingerprint density at radius 2 is 2.00 bits per heavy atom. The molecule has 0 N–H and O–H groups in total. The van der Waals surface area contributed by atoms with Gasteiger partial charge in [-0.05, 0) is 37.3 Å². The molecule has 1 saturated heterocycles. The number of halogens is 2. The van der Waals surface area contributed by atoms with Crippen LogP contribution in [0.5, 0.6) is 0 Å². The van der Waals surface area contributed by atoms with Gasteiger partial charge in [-0.1, -0.05) is 35.9 Å². The second-order valence-electron chi connectivity index (χ2n) is 7.28. The summed E-state index contributed by atoms with van der Waals surface area (Å²) in [6, 6.07) is 12.1. The molecule has 140 valence electrons. The summed E-state index contributed by atoms with van der Waals surface area (Å²) in [5.41, 5.74) is 1.92. The Morgan fingerprint density at radius 3 is 2.70 bits per heavy atom. The van der Waals surface area contributed by atoms with Crippen LogP contribution in [0.3, 0.4) is 0 Å². The third kappa shape index (κ3) is 3.76.